The van der Waals surface area contributed by atoms with Crippen molar-refractivity contribution in [2.24, 2.45) is 0 Å². The van der Waals surface area contributed by atoms with E-state index in [2.05, 4.69) is 20.6 Å². The van der Waals surface area contributed by atoms with Crippen LogP contribution in [-0.4, -0.2) is 29.7 Å². The summed E-state index contributed by atoms with van der Waals surface area (Å²) in [5, 5.41) is 6.40. The highest BCUT2D eigenvalue weighted by Crippen LogP contribution is 2.21. The molecule has 7 nitrogen and oxygen atoms in total. The van der Waals surface area contributed by atoms with Crippen molar-refractivity contribution in [3.05, 3.63) is 66.5 Å². The smallest absolute Gasteiger partial charge is 0.337 e. The first-order valence-corrected chi connectivity index (χ1v) is 8.45. The van der Waals surface area contributed by atoms with Crippen LogP contribution in [0.5, 0.6) is 5.75 Å². The summed E-state index contributed by atoms with van der Waals surface area (Å²) in [6.45, 7) is 2.58. The highest BCUT2D eigenvalue weighted by atomic mass is 16.5. The van der Waals surface area contributed by atoms with Gasteiger partial charge in [0.05, 0.1) is 19.3 Å². The molecule has 0 bridgehead atoms. The Morgan fingerprint density at radius 3 is 2.00 bits per heavy atom. The van der Waals surface area contributed by atoms with Gasteiger partial charge in [0, 0.05) is 17.4 Å². The molecule has 0 aliphatic carbocycles. The first-order chi connectivity index (χ1) is 13.2. The molecule has 3 aromatic rings. The monoisotopic (exact) mass is 364 g/mol. The molecule has 0 radical (unpaired) electrons. The van der Waals surface area contributed by atoms with E-state index in [9.17, 15) is 4.79 Å². The lowest BCUT2D eigenvalue weighted by Crippen LogP contribution is -2.01. The fourth-order valence-electron chi connectivity index (χ4n) is 2.40. The number of benzene rings is 2. The fourth-order valence-corrected chi connectivity index (χ4v) is 2.40. The standard InChI is InChI=1S/C20H20N4O3/c1-3-27-17-10-8-16(9-11-17)24-19-12-18(21-13-22-19)23-15-6-4-14(5-7-15)20(25)26-2/h4-13H,3H2,1-2H3,(H2,21,22,23,24). The van der Waals surface area contributed by atoms with E-state index in [-0.39, 0.29) is 5.97 Å². The molecule has 2 aromatic carbocycles. The Morgan fingerprint density at radius 1 is 0.926 bits per heavy atom. The van der Waals surface area contributed by atoms with Gasteiger partial charge >= 0.3 is 5.97 Å². The molecule has 0 amide bonds. The van der Waals surface area contributed by atoms with Gasteiger partial charge in [-0.1, -0.05) is 0 Å². The summed E-state index contributed by atoms with van der Waals surface area (Å²) < 4.78 is 10.1. The number of methoxy groups -OCH3 is 1. The number of carbonyl (C=O) groups excluding carboxylic acids is 1. The van der Waals surface area contributed by atoms with Crippen molar-refractivity contribution in [2.45, 2.75) is 6.92 Å². The van der Waals surface area contributed by atoms with Gasteiger partial charge in [-0.15, -0.1) is 0 Å². The van der Waals surface area contributed by atoms with Gasteiger partial charge < -0.3 is 20.1 Å². The Labute approximate surface area is 157 Å². The van der Waals surface area contributed by atoms with Crippen LogP contribution < -0.4 is 15.4 Å². The molecule has 2 N–H and O–H groups in total. The molecule has 0 aliphatic heterocycles. The number of anilines is 4. The van der Waals surface area contributed by atoms with Gasteiger partial charge in [0.1, 0.15) is 23.7 Å². The van der Waals surface area contributed by atoms with Crippen molar-refractivity contribution in [3.63, 3.8) is 0 Å². The summed E-state index contributed by atoms with van der Waals surface area (Å²) in [6, 6.07) is 16.4. The third-order valence-electron chi connectivity index (χ3n) is 3.68. The predicted molar refractivity (Wildman–Crippen MR) is 104 cm³/mol. The fraction of sp³-hybridized carbons (Fsp3) is 0.150. The van der Waals surface area contributed by atoms with Crippen molar-refractivity contribution in [1.82, 2.24) is 9.97 Å². The molecule has 1 heterocycles. The number of aromatic nitrogens is 2. The largest absolute Gasteiger partial charge is 0.494 e. The van der Waals surface area contributed by atoms with Crippen LogP contribution in [-0.2, 0) is 4.74 Å². The van der Waals surface area contributed by atoms with Gasteiger partial charge in [-0.05, 0) is 55.5 Å². The lowest BCUT2D eigenvalue weighted by Gasteiger charge is -2.10. The van der Waals surface area contributed by atoms with Gasteiger partial charge in [-0.2, -0.15) is 0 Å². The lowest BCUT2D eigenvalue weighted by molar-refractivity contribution is 0.0601. The summed E-state index contributed by atoms with van der Waals surface area (Å²) in [5.41, 5.74) is 2.18. The summed E-state index contributed by atoms with van der Waals surface area (Å²) in [5.74, 6) is 1.74. The Balaban J connectivity index is 1.67. The van der Waals surface area contributed by atoms with Crippen molar-refractivity contribution < 1.29 is 14.3 Å². The van der Waals surface area contributed by atoms with Crippen molar-refractivity contribution in [1.29, 1.82) is 0 Å². The second-order valence-electron chi connectivity index (χ2n) is 5.56. The SMILES string of the molecule is CCOc1ccc(Nc2cc(Nc3ccc(C(=O)OC)cc3)ncn2)cc1. The molecule has 1 aromatic heterocycles. The quantitative estimate of drug-likeness (QED) is 0.609. The number of rotatable bonds is 7. The molecule has 0 spiro atoms. The molecule has 0 fully saturated rings. The number of hydrogen-bond acceptors (Lipinski definition) is 7. The van der Waals surface area contributed by atoms with Gasteiger partial charge in [0.2, 0.25) is 0 Å². The van der Waals surface area contributed by atoms with Crippen molar-refractivity contribution in [3.8, 4) is 5.75 Å². The minimum Gasteiger partial charge on any atom is -0.494 e. The van der Waals surface area contributed by atoms with E-state index < -0.39 is 0 Å². The molecule has 0 unspecified atom stereocenters. The lowest BCUT2D eigenvalue weighted by atomic mass is 10.2. The third kappa shape index (κ3) is 4.94. The van der Waals surface area contributed by atoms with Crippen LogP contribution in [0.25, 0.3) is 0 Å². The topological polar surface area (TPSA) is 85.4 Å². The molecule has 3 rings (SSSR count). The summed E-state index contributed by atoms with van der Waals surface area (Å²) in [7, 11) is 1.36. The molecule has 138 valence electrons. The highest BCUT2D eigenvalue weighted by Gasteiger charge is 2.05. The van der Waals surface area contributed by atoms with Gasteiger partial charge in [0.15, 0.2) is 0 Å². The Kier molecular flexibility index (Phi) is 5.84. The van der Waals surface area contributed by atoms with E-state index in [0.29, 0.717) is 23.8 Å². The normalized spacial score (nSPS) is 10.1. The van der Waals surface area contributed by atoms with Gasteiger partial charge in [-0.3, -0.25) is 0 Å². The number of nitrogens with one attached hydrogen (secondary N) is 2. The molecule has 27 heavy (non-hydrogen) atoms. The molecule has 0 saturated carbocycles. The third-order valence-corrected chi connectivity index (χ3v) is 3.68. The maximum Gasteiger partial charge on any atom is 0.337 e. The van der Waals surface area contributed by atoms with Crippen LogP contribution in [0, 0.1) is 0 Å². The molecule has 7 heteroatoms. The zero-order valence-corrected chi connectivity index (χ0v) is 15.1. The highest BCUT2D eigenvalue weighted by molar-refractivity contribution is 5.89. The maximum atomic E-state index is 11.5. The minimum atomic E-state index is -0.370. The van der Waals surface area contributed by atoms with Crippen LogP contribution in [0.4, 0.5) is 23.0 Å². The van der Waals surface area contributed by atoms with Gasteiger partial charge in [0.25, 0.3) is 0 Å². The van der Waals surface area contributed by atoms with E-state index in [1.807, 2.05) is 31.2 Å². The van der Waals surface area contributed by atoms with E-state index >= 15 is 0 Å². The van der Waals surface area contributed by atoms with E-state index in [1.165, 1.54) is 13.4 Å². The van der Waals surface area contributed by atoms with E-state index in [4.69, 9.17) is 9.47 Å². The van der Waals surface area contributed by atoms with Crippen LogP contribution in [0.2, 0.25) is 0 Å². The predicted octanol–water partition coefficient (Wildman–Crippen LogP) is 4.15. The van der Waals surface area contributed by atoms with Crippen LogP contribution in [0.1, 0.15) is 17.3 Å². The number of hydrogen-bond donors (Lipinski definition) is 2. The summed E-state index contributed by atoms with van der Waals surface area (Å²) >= 11 is 0. The zero-order chi connectivity index (χ0) is 19.1. The number of nitrogens with zero attached hydrogens (tertiary/aromatic N) is 2. The van der Waals surface area contributed by atoms with Crippen molar-refractivity contribution in [2.75, 3.05) is 24.4 Å². The second kappa shape index (κ2) is 8.66. The van der Waals surface area contributed by atoms with Crippen LogP contribution in [0.3, 0.4) is 0 Å². The maximum absolute atomic E-state index is 11.5. The zero-order valence-electron chi connectivity index (χ0n) is 15.1. The van der Waals surface area contributed by atoms with Crippen molar-refractivity contribution >= 4 is 29.0 Å². The first-order valence-electron chi connectivity index (χ1n) is 8.45. The summed E-state index contributed by atoms with van der Waals surface area (Å²) in [6.07, 6.45) is 1.47. The first kappa shape index (κ1) is 18.2. The minimum absolute atomic E-state index is 0.370. The second-order valence-corrected chi connectivity index (χ2v) is 5.56. The Hall–Kier alpha value is -3.61. The van der Waals surface area contributed by atoms with E-state index in [1.54, 1.807) is 30.3 Å². The molecule has 0 atom stereocenters. The average molecular weight is 364 g/mol. The number of esters is 1. The van der Waals surface area contributed by atoms with Crippen LogP contribution in [0.15, 0.2) is 60.9 Å². The Bertz CT molecular complexity index is 896. The molecule has 0 aliphatic rings. The average Bonchev–Trinajstić information content (AvgIpc) is 2.70. The van der Waals surface area contributed by atoms with Gasteiger partial charge in [-0.25, -0.2) is 14.8 Å². The number of carbonyl (C=O) groups is 1. The summed E-state index contributed by atoms with van der Waals surface area (Å²) in [4.78, 5) is 19.9. The van der Waals surface area contributed by atoms with Crippen LogP contribution >= 0.6 is 0 Å². The molecular formula is C20H20N4O3. The Morgan fingerprint density at radius 2 is 1.48 bits per heavy atom. The molecular weight excluding hydrogens is 344 g/mol. The number of ether oxygens (including phenoxy) is 2. The molecule has 0 saturated heterocycles. The van der Waals surface area contributed by atoms with E-state index in [0.717, 1.165) is 17.1 Å².